The van der Waals surface area contributed by atoms with Crippen molar-refractivity contribution in [3.63, 3.8) is 0 Å². The molecule has 0 fully saturated rings. The summed E-state index contributed by atoms with van der Waals surface area (Å²) in [6.07, 6.45) is 4.07. The zero-order valence-corrected chi connectivity index (χ0v) is 10.8. The molecule has 1 heterocycles. The zero-order chi connectivity index (χ0) is 12.0. The van der Waals surface area contributed by atoms with Crippen molar-refractivity contribution in [2.45, 2.75) is 31.6 Å². The highest BCUT2D eigenvalue weighted by atomic mass is 35.5. The lowest BCUT2D eigenvalue weighted by Crippen LogP contribution is -2.32. The van der Waals surface area contributed by atoms with Gasteiger partial charge in [0.2, 0.25) is 5.91 Å². The van der Waals surface area contributed by atoms with Crippen molar-refractivity contribution in [3.05, 3.63) is 33.8 Å². The molecule has 1 atom stereocenters. The Hall–Kier alpha value is -1.02. The van der Waals surface area contributed by atoms with E-state index in [1.165, 1.54) is 16.7 Å². The van der Waals surface area contributed by atoms with E-state index in [-0.39, 0.29) is 11.8 Å². The molecule has 0 spiro atoms. The zero-order valence-electron chi connectivity index (χ0n) is 10.0. The molecule has 1 aromatic rings. The normalized spacial score (nSPS) is 23.3. The highest BCUT2D eigenvalue weighted by Gasteiger charge is 2.33. The molecule has 3 heteroatoms. The average Bonchev–Trinajstić information content (AvgIpc) is 2.47. The number of amides is 1. The van der Waals surface area contributed by atoms with Crippen molar-refractivity contribution in [1.29, 1.82) is 0 Å². The topological polar surface area (TPSA) is 20.3 Å². The van der Waals surface area contributed by atoms with Gasteiger partial charge in [0.25, 0.3) is 0 Å². The van der Waals surface area contributed by atoms with Crippen LogP contribution in [0.1, 0.15) is 35.4 Å². The number of nitrogens with zero attached hydrogens (tertiary/aromatic N) is 1. The van der Waals surface area contributed by atoms with Crippen molar-refractivity contribution in [2.24, 2.45) is 0 Å². The Morgan fingerprint density at radius 3 is 3.00 bits per heavy atom. The van der Waals surface area contributed by atoms with E-state index in [9.17, 15) is 4.79 Å². The SMILES string of the molecule is CN1CCc2c(Cl)ccc3c2C(CCC3)C1=O. The van der Waals surface area contributed by atoms with Crippen LogP contribution in [0.3, 0.4) is 0 Å². The van der Waals surface area contributed by atoms with Gasteiger partial charge in [-0.2, -0.15) is 0 Å². The van der Waals surface area contributed by atoms with Crippen molar-refractivity contribution in [2.75, 3.05) is 13.6 Å². The second-order valence-corrected chi connectivity index (χ2v) is 5.46. The molecule has 1 aliphatic heterocycles. The first-order valence-electron chi connectivity index (χ1n) is 6.23. The number of aryl methyl sites for hydroxylation is 1. The quantitative estimate of drug-likeness (QED) is 0.692. The summed E-state index contributed by atoms with van der Waals surface area (Å²) in [7, 11) is 1.90. The summed E-state index contributed by atoms with van der Waals surface area (Å²) in [6, 6.07) is 4.10. The van der Waals surface area contributed by atoms with Gasteiger partial charge in [-0.05, 0) is 48.4 Å². The van der Waals surface area contributed by atoms with Crippen LogP contribution in [0.5, 0.6) is 0 Å². The van der Waals surface area contributed by atoms with Crippen LogP contribution in [0, 0.1) is 0 Å². The van der Waals surface area contributed by atoms with E-state index < -0.39 is 0 Å². The van der Waals surface area contributed by atoms with Gasteiger partial charge in [0.15, 0.2) is 0 Å². The second kappa shape index (κ2) is 4.02. The number of hydrogen-bond acceptors (Lipinski definition) is 1. The van der Waals surface area contributed by atoms with Gasteiger partial charge in [-0.1, -0.05) is 17.7 Å². The molecule has 17 heavy (non-hydrogen) atoms. The van der Waals surface area contributed by atoms with Crippen LogP contribution in [0.2, 0.25) is 5.02 Å². The van der Waals surface area contributed by atoms with Gasteiger partial charge in [-0.25, -0.2) is 0 Å². The van der Waals surface area contributed by atoms with Crippen LogP contribution in [-0.2, 0) is 17.6 Å². The van der Waals surface area contributed by atoms with Gasteiger partial charge in [-0.3, -0.25) is 4.79 Å². The predicted octanol–water partition coefficient (Wildman–Crippen LogP) is 2.77. The Kier molecular flexibility index (Phi) is 2.62. The molecule has 1 unspecified atom stereocenters. The number of likely N-dealkylation sites (N-methyl/N-ethyl adjacent to an activating group) is 1. The van der Waals surface area contributed by atoms with Gasteiger partial charge < -0.3 is 4.90 Å². The molecule has 0 saturated heterocycles. The Morgan fingerprint density at radius 2 is 2.18 bits per heavy atom. The summed E-state index contributed by atoms with van der Waals surface area (Å²) in [5, 5.41) is 0.832. The lowest BCUT2D eigenvalue weighted by Gasteiger charge is -2.27. The lowest BCUT2D eigenvalue weighted by atomic mass is 9.79. The summed E-state index contributed by atoms with van der Waals surface area (Å²) < 4.78 is 0. The third kappa shape index (κ3) is 1.66. The van der Waals surface area contributed by atoms with E-state index in [2.05, 4.69) is 6.07 Å². The third-order valence-corrected chi connectivity index (χ3v) is 4.40. The van der Waals surface area contributed by atoms with Gasteiger partial charge >= 0.3 is 0 Å². The number of carbonyl (C=O) groups excluding carboxylic acids is 1. The fraction of sp³-hybridized carbons (Fsp3) is 0.500. The molecule has 0 saturated carbocycles. The van der Waals surface area contributed by atoms with Crippen LogP contribution in [0.25, 0.3) is 0 Å². The fourth-order valence-corrected chi connectivity index (χ4v) is 3.40. The molecular formula is C14H16ClNO. The van der Waals surface area contributed by atoms with Crippen molar-refractivity contribution in [3.8, 4) is 0 Å². The van der Waals surface area contributed by atoms with Gasteiger partial charge in [0.05, 0.1) is 5.92 Å². The third-order valence-electron chi connectivity index (χ3n) is 4.05. The standard InChI is InChI=1S/C14H16ClNO/c1-16-8-7-10-12(15)6-5-9-3-2-4-11(13(9)10)14(16)17/h5-6,11H,2-4,7-8H2,1H3. The monoisotopic (exact) mass is 249 g/mol. The molecule has 0 N–H and O–H groups in total. The predicted molar refractivity (Wildman–Crippen MR) is 68.5 cm³/mol. The summed E-state index contributed by atoms with van der Waals surface area (Å²) in [5.41, 5.74) is 3.80. The first kappa shape index (κ1) is 11.1. The van der Waals surface area contributed by atoms with Crippen LogP contribution >= 0.6 is 11.6 Å². The first-order valence-corrected chi connectivity index (χ1v) is 6.61. The fourth-order valence-electron chi connectivity index (χ4n) is 3.14. The molecule has 2 aliphatic rings. The van der Waals surface area contributed by atoms with E-state index in [0.717, 1.165) is 37.3 Å². The summed E-state index contributed by atoms with van der Waals surface area (Å²) in [4.78, 5) is 14.2. The number of halogens is 1. The summed E-state index contributed by atoms with van der Waals surface area (Å²) in [6.45, 7) is 0.783. The molecule has 2 nitrogen and oxygen atoms in total. The second-order valence-electron chi connectivity index (χ2n) is 5.05. The molecule has 0 aromatic heterocycles. The maximum absolute atomic E-state index is 12.3. The van der Waals surface area contributed by atoms with E-state index >= 15 is 0 Å². The molecule has 3 rings (SSSR count). The minimum atomic E-state index is 0.0555. The van der Waals surface area contributed by atoms with Crippen molar-refractivity contribution in [1.82, 2.24) is 4.90 Å². The van der Waals surface area contributed by atoms with E-state index in [4.69, 9.17) is 11.6 Å². The molecule has 90 valence electrons. The molecule has 0 bridgehead atoms. The van der Waals surface area contributed by atoms with Crippen molar-refractivity contribution < 1.29 is 4.79 Å². The maximum Gasteiger partial charge on any atom is 0.229 e. The Labute approximate surface area is 107 Å². The van der Waals surface area contributed by atoms with Crippen LogP contribution in [0.4, 0.5) is 0 Å². The van der Waals surface area contributed by atoms with Gasteiger partial charge in [0.1, 0.15) is 0 Å². The highest BCUT2D eigenvalue weighted by Crippen LogP contribution is 2.39. The maximum atomic E-state index is 12.3. The van der Waals surface area contributed by atoms with Crippen LogP contribution in [0.15, 0.2) is 12.1 Å². The smallest absolute Gasteiger partial charge is 0.229 e. The van der Waals surface area contributed by atoms with Gasteiger partial charge in [-0.15, -0.1) is 0 Å². The molecule has 1 amide bonds. The number of benzene rings is 1. The van der Waals surface area contributed by atoms with Crippen LogP contribution < -0.4 is 0 Å². The molecular weight excluding hydrogens is 234 g/mol. The minimum absolute atomic E-state index is 0.0555. The van der Waals surface area contributed by atoms with E-state index in [1.807, 2.05) is 18.0 Å². The lowest BCUT2D eigenvalue weighted by molar-refractivity contribution is -0.131. The Bertz CT molecular complexity index is 483. The van der Waals surface area contributed by atoms with E-state index in [0.29, 0.717) is 0 Å². The highest BCUT2D eigenvalue weighted by molar-refractivity contribution is 6.31. The van der Waals surface area contributed by atoms with E-state index in [1.54, 1.807) is 0 Å². The summed E-state index contributed by atoms with van der Waals surface area (Å²) >= 11 is 6.30. The Morgan fingerprint density at radius 1 is 1.35 bits per heavy atom. The number of rotatable bonds is 0. The van der Waals surface area contributed by atoms with Gasteiger partial charge in [0, 0.05) is 18.6 Å². The molecule has 1 aromatic carbocycles. The Balaban J connectivity index is 2.21. The van der Waals surface area contributed by atoms with Crippen LogP contribution in [-0.4, -0.2) is 24.4 Å². The summed E-state index contributed by atoms with van der Waals surface area (Å²) in [5.74, 6) is 0.326. The largest absolute Gasteiger partial charge is 0.345 e. The number of hydrogen-bond donors (Lipinski definition) is 0. The molecule has 1 aliphatic carbocycles. The first-order chi connectivity index (χ1) is 8.18. The molecule has 0 radical (unpaired) electrons. The van der Waals surface area contributed by atoms with Crippen molar-refractivity contribution >= 4 is 17.5 Å². The minimum Gasteiger partial charge on any atom is -0.345 e. The average molecular weight is 250 g/mol. The number of carbonyl (C=O) groups is 1.